The van der Waals surface area contributed by atoms with Crippen LogP contribution >= 0.6 is 11.3 Å². The van der Waals surface area contributed by atoms with Gasteiger partial charge in [-0.2, -0.15) is 11.3 Å². The molecule has 0 radical (unpaired) electrons. The van der Waals surface area contributed by atoms with Crippen LogP contribution in [0.2, 0.25) is 0 Å². The quantitative estimate of drug-likeness (QED) is 0.814. The van der Waals surface area contributed by atoms with Gasteiger partial charge in [0.25, 0.3) is 0 Å². The second-order valence-electron chi connectivity index (χ2n) is 4.51. The van der Waals surface area contributed by atoms with Crippen molar-refractivity contribution in [1.29, 1.82) is 0 Å². The lowest BCUT2D eigenvalue weighted by Gasteiger charge is -2.20. The summed E-state index contributed by atoms with van der Waals surface area (Å²) < 4.78 is 0. The van der Waals surface area contributed by atoms with E-state index >= 15 is 0 Å². The molecule has 3 nitrogen and oxygen atoms in total. The van der Waals surface area contributed by atoms with Gasteiger partial charge in [-0.3, -0.25) is 4.90 Å². The molecule has 1 heterocycles. The number of anilines is 1. The van der Waals surface area contributed by atoms with Gasteiger partial charge in [0.2, 0.25) is 0 Å². The fourth-order valence-corrected chi connectivity index (χ4v) is 2.54. The topological polar surface area (TPSA) is 49.5 Å². The minimum Gasteiger partial charge on any atom is -0.399 e. The van der Waals surface area contributed by atoms with E-state index in [2.05, 4.69) is 21.7 Å². The van der Waals surface area contributed by atoms with Gasteiger partial charge < -0.3 is 10.8 Å². The van der Waals surface area contributed by atoms with E-state index in [0.29, 0.717) is 6.54 Å². The third-order valence-corrected chi connectivity index (χ3v) is 3.57. The fourth-order valence-electron chi connectivity index (χ4n) is 1.88. The van der Waals surface area contributed by atoms with Crippen LogP contribution in [0, 0.1) is 0 Å². The van der Waals surface area contributed by atoms with Crippen molar-refractivity contribution in [1.82, 2.24) is 4.90 Å². The number of hydrogen-bond donors (Lipinski definition) is 2. The zero-order chi connectivity index (χ0) is 13.0. The summed E-state index contributed by atoms with van der Waals surface area (Å²) in [7, 11) is 2.01. The van der Waals surface area contributed by atoms with Gasteiger partial charge in [-0.1, -0.05) is 12.1 Å². The molecule has 0 saturated heterocycles. The number of rotatable bonds is 5. The molecule has 0 saturated carbocycles. The standard InChI is InChI=1S/C14H18N2OS/c1-16(8-11-6-7-18-10-11)9-14(17)12-2-4-13(15)5-3-12/h2-7,10,14,17H,8-9,15H2,1H3. The molecule has 0 bridgehead atoms. The number of nitrogens with zero attached hydrogens (tertiary/aromatic N) is 1. The third kappa shape index (κ3) is 3.57. The number of aliphatic hydroxyl groups is 1. The van der Waals surface area contributed by atoms with Crippen LogP contribution in [-0.2, 0) is 6.54 Å². The summed E-state index contributed by atoms with van der Waals surface area (Å²) in [6, 6.07) is 9.49. The molecule has 1 atom stereocenters. The van der Waals surface area contributed by atoms with Crippen molar-refractivity contribution >= 4 is 17.0 Å². The SMILES string of the molecule is CN(Cc1ccsc1)CC(O)c1ccc(N)cc1. The fraction of sp³-hybridized carbons (Fsp3) is 0.286. The molecule has 0 fully saturated rings. The number of likely N-dealkylation sites (N-methyl/N-ethyl adjacent to an activating group) is 1. The van der Waals surface area contributed by atoms with Crippen molar-refractivity contribution in [2.75, 3.05) is 19.3 Å². The second kappa shape index (κ2) is 6.00. The van der Waals surface area contributed by atoms with Crippen molar-refractivity contribution in [2.45, 2.75) is 12.6 Å². The maximum absolute atomic E-state index is 10.1. The smallest absolute Gasteiger partial charge is 0.0916 e. The lowest BCUT2D eigenvalue weighted by Crippen LogP contribution is -2.24. The minimum atomic E-state index is -0.478. The van der Waals surface area contributed by atoms with E-state index in [1.807, 2.05) is 31.3 Å². The van der Waals surface area contributed by atoms with Crippen molar-refractivity contribution < 1.29 is 5.11 Å². The summed E-state index contributed by atoms with van der Waals surface area (Å²) in [5.41, 5.74) is 8.54. The number of thiophene rings is 1. The van der Waals surface area contributed by atoms with Crippen molar-refractivity contribution in [2.24, 2.45) is 0 Å². The average molecular weight is 262 g/mol. The molecule has 1 aromatic carbocycles. The first-order chi connectivity index (χ1) is 8.65. The van der Waals surface area contributed by atoms with E-state index in [9.17, 15) is 5.11 Å². The first-order valence-electron chi connectivity index (χ1n) is 5.88. The van der Waals surface area contributed by atoms with E-state index in [1.54, 1.807) is 11.3 Å². The van der Waals surface area contributed by atoms with Gasteiger partial charge in [0, 0.05) is 18.8 Å². The van der Waals surface area contributed by atoms with Gasteiger partial charge in [0.05, 0.1) is 6.10 Å². The predicted molar refractivity (Wildman–Crippen MR) is 76.5 cm³/mol. The van der Waals surface area contributed by atoms with Gasteiger partial charge in [-0.05, 0) is 47.1 Å². The summed E-state index contributed by atoms with van der Waals surface area (Å²) >= 11 is 1.70. The van der Waals surface area contributed by atoms with Gasteiger partial charge in [-0.25, -0.2) is 0 Å². The van der Waals surface area contributed by atoms with E-state index in [4.69, 9.17) is 5.73 Å². The normalized spacial score (nSPS) is 12.8. The molecule has 2 aromatic rings. The first-order valence-corrected chi connectivity index (χ1v) is 6.82. The molecule has 4 heteroatoms. The van der Waals surface area contributed by atoms with E-state index in [1.165, 1.54) is 5.56 Å². The molecule has 0 aliphatic heterocycles. The Morgan fingerprint density at radius 3 is 2.61 bits per heavy atom. The molecule has 0 spiro atoms. The first kappa shape index (κ1) is 13.1. The molecule has 0 amide bonds. The van der Waals surface area contributed by atoms with E-state index in [-0.39, 0.29) is 0 Å². The maximum Gasteiger partial charge on any atom is 0.0916 e. The van der Waals surface area contributed by atoms with Crippen molar-refractivity contribution in [3.05, 3.63) is 52.2 Å². The summed E-state index contributed by atoms with van der Waals surface area (Å²) in [6.07, 6.45) is -0.478. The minimum absolute atomic E-state index is 0.478. The van der Waals surface area contributed by atoms with Crippen LogP contribution in [0.5, 0.6) is 0 Å². The molecule has 2 rings (SSSR count). The zero-order valence-corrected chi connectivity index (χ0v) is 11.2. The van der Waals surface area contributed by atoms with Crippen LogP contribution in [0.3, 0.4) is 0 Å². The second-order valence-corrected chi connectivity index (χ2v) is 5.29. The molecular formula is C14H18N2OS. The lowest BCUT2D eigenvalue weighted by atomic mass is 10.1. The molecule has 0 aliphatic rings. The molecule has 18 heavy (non-hydrogen) atoms. The Labute approximate surface area is 111 Å². The average Bonchev–Trinajstić information content (AvgIpc) is 2.82. The molecule has 0 aliphatic carbocycles. The Bertz CT molecular complexity index is 467. The Hall–Kier alpha value is -1.36. The van der Waals surface area contributed by atoms with Crippen LogP contribution in [-0.4, -0.2) is 23.6 Å². The van der Waals surface area contributed by atoms with Gasteiger partial charge >= 0.3 is 0 Å². The summed E-state index contributed by atoms with van der Waals surface area (Å²) in [4.78, 5) is 2.11. The highest BCUT2D eigenvalue weighted by Crippen LogP contribution is 2.17. The molecular weight excluding hydrogens is 244 g/mol. The Kier molecular flexibility index (Phi) is 4.36. The summed E-state index contributed by atoms with van der Waals surface area (Å²) in [5, 5.41) is 14.3. The Morgan fingerprint density at radius 2 is 2.00 bits per heavy atom. The van der Waals surface area contributed by atoms with Gasteiger partial charge in [0.1, 0.15) is 0 Å². The zero-order valence-electron chi connectivity index (χ0n) is 10.4. The van der Waals surface area contributed by atoms with Gasteiger partial charge in [-0.15, -0.1) is 0 Å². The lowest BCUT2D eigenvalue weighted by molar-refractivity contribution is 0.124. The highest BCUT2D eigenvalue weighted by atomic mass is 32.1. The predicted octanol–water partition coefficient (Wildman–Crippen LogP) is 2.50. The number of benzene rings is 1. The maximum atomic E-state index is 10.1. The molecule has 1 unspecified atom stereocenters. The van der Waals surface area contributed by atoms with Crippen LogP contribution < -0.4 is 5.73 Å². The number of hydrogen-bond acceptors (Lipinski definition) is 4. The Morgan fingerprint density at radius 1 is 1.28 bits per heavy atom. The molecule has 96 valence electrons. The highest BCUT2D eigenvalue weighted by molar-refractivity contribution is 7.07. The number of nitrogens with two attached hydrogens (primary N) is 1. The highest BCUT2D eigenvalue weighted by Gasteiger charge is 2.10. The molecule has 3 N–H and O–H groups in total. The van der Waals surface area contributed by atoms with E-state index < -0.39 is 6.10 Å². The van der Waals surface area contributed by atoms with Crippen molar-refractivity contribution in [3.8, 4) is 0 Å². The number of nitrogen functional groups attached to an aromatic ring is 1. The monoisotopic (exact) mass is 262 g/mol. The summed E-state index contributed by atoms with van der Waals surface area (Å²) in [5.74, 6) is 0. The van der Waals surface area contributed by atoms with Crippen LogP contribution in [0.4, 0.5) is 5.69 Å². The van der Waals surface area contributed by atoms with E-state index in [0.717, 1.165) is 17.8 Å². The van der Waals surface area contributed by atoms with Gasteiger partial charge in [0.15, 0.2) is 0 Å². The third-order valence-electron chi connectivity index (χ3n) is 2.84. The van der Waals surface area contributed by atoms with Crippen molar-refractivity contribution in [3.63, 3.8) is 0 Å². The van der Waals surface area contributed by atoms with Crippen LogP contribution in [0.15, 0.2) is 41.1 Å². The largest absolute Gasteiger partial charge is 0.399 e. The van der Waals surface area contributed by atoms with Crippen LogP contribution in [0.1, 0.15) is 17.2 Å². The Balaban J connectivity index is 1.90. The number of aliphatic hydroxyl groups excluding tert-OH is 1. The van der Waals surface area contributed by atoms with Crippen LogP contribution in [0.25, 0.3) is 0 Å². The summed E-state index contributed by atoms with van der Waals surface area (Å²) in [6.45, 7) is 1.47. The molecule has 1 aromatic heterocycles.